The van der Waals surface area contributed by atoms with E-state index in [0.717, 1.165) is 0 Å². The van der Waals surface area contributed by atoms with Gasteiger partial charge in [0.1, 0.15) is 0 Å². The van der Waals surface area contributed by atoms with E-state index in [4.69, 9.17) is 0 Å². The van der Waals surface area contributed by atoms with Gasteiger partial charge in [-0.2, -0.15) is 0 Å². The van der Waals surface area contributed by atoms with Crippen molar-refractivity contribution in [1.82, 2.24) is 0 Å². The smallest absolute Gasteiger partial charge is 0.870 e. The van der Waals surface area contributed by atoms with Gasteiger partial charge in [-0.05, 0) is 0 Å². The Kier molecular flexibility index (Phi) is 105000. The second-order valence-corrected chi connectivity index (χ2v) is 0. The zero-order valence-corrected chi connectivity index (χ0v) is 6.35. The van der Waals surface area contributed by atoms with Gasteiger partial charge in [-0.1, -0.05) is 0 Å². The molecule has 0 aliphatic carbocycles. The van der Waals surface area contributed by atoms with Crippen molar-refractivity contribution >= 4 is 0 Å². The molecule has 9 heteroatoms. The summed E-state index contributed by atoms with van der Waals surface area (Å²) in [5.74, 6) is 0. The molecule has 7 nitrogen and oxygen atoms in total. The molecule has 7 N–H and O–H groups in total. The Labute approximate surface area is 74.1 Å². The predicted molar refractivity (Wildman–Crippen MR) is 13.6 cm³/mol. The van der Waals surface area contributed by atoms with E-state index in [1.165, 1.54) is 0 Å². The monoisotopic (exact) mass is 229 g/mol. The van der Waals surface area contributed by atoms with Crippen molar-refractivity contribution in [2.24, 2.45) is 0 Å². The van der Waals surface area contributed by atoms with Gasteiger partial charge in [-0.15, -0.1) is 0 Å². The molecule has 0 unspecified atom stereocenters. The molecule has 0 amide bonds. The molecule has 0 heterocycles. The van der Waals surface area contributed by atoms with Crippen LogP contribution in [-0.4, -0.2) is 38.3 Å². The third-order valence-electron chi connectivity index (χ3n) is 0. The van der Waals surface area contributed by atoms with Crippen LogP contribution in [0.15, 0.2) is 0 Å². The molecule has 0 fully saturated rings. The van der Waals surface area contributed by atoms with Crippen molar-refractivity contribution in [3.63, 3.8) is 0 Å². The Balaban J connectivity index is 0. The molecule has 0 aliphatic rings. The van der Waals surface area contributed by atoms with Crippen molar-refractivity contribution in [1.29, 1.82) is 0 Å². The predicted octanol–water partition coefficient (Wildman–Crippen LogP) is -1.24. The average molecular weight is 229 g/mol. The van der Waals surface area contributed by atoms with Gasteiger partial charge in [0.05, 0.1) is 0 Å². The van der Waals surface area contributed by atoms with Crippen LogP contribution < -0.4 is 0 Å². The third-order valence-corrected chi connectivity index (χ3v) is 0. The maximum atomic E-state index is 0. The second-order valence-electron chi connectivity index (χ2n) is 0. The minimum atomic E-state index is 0. The minimum absolute atomic E-state index is 0. The second kappa shape index (κ2) is 817. The van der Waals surface area contributed by atoms with Crippen molar-refractivity contribution in [2.45, 2.75) is 0 Å². The number of hydrogen-bond donors (Lipinski definition) is 0. The van der Waals surface area contributed by atoms with Crippen molar-refractivity contribution < 1.29 is 73.7 Å². The molecule has 0 aromatic heterocycles. The van der Waals surface area contributed by atoms with Crippen LogP contribution in [0.1, 0.15) is 0 Å². The molecule has 0 aromatic rings. The van der Waals surface area contributed by atoms with Gasteiger partial charge in [0, 0.05) is 18.6 Å². The molecule has 68 valence electrons. The van der Waals surface area contributed by atoms with E-state index in [1.54, 1.807) is 0 Å². The van der Waals surface area contributed by atoms with Gasteiger partial charge < -0.3 is 38.3 Å². The van der Waals surface area contributed by atoms with Gasteiger partial charge in [-0.25, -0.2) is 0 Å². The van der Waals surface area contributed by atoms with Gasteiger partial charge in [0.25, 0.3) is 0 Å². The molecule has 0 aromatic carbocycles. The molecule has 0 aliphatic heterocycles. The third kappa shape index (κ3) is 622. The van der Waals surface area contributed by atoms with E-state index in [2.05, 4.69) is 0 Å². The molecule has 9 heavy (non-hydrogen) atoms. The van der Waals surface area contributed by atoms with E-state index >= 15 is 0 Å². The van der Waals surface area contributed by atoms with Crippen LogP contribution >= 0.6 is 0 Å². The molecule has 0 saturated carbocycles. The quantitative estimate of drug-likeness (QED) is 0.491. The molecule has 0 atom stereocenters. The molecular formula is H7CoO7V-5. The van der Waals surface area contributed by atoms with Gasteiger partial charge in [0.2, 0.25) is 0 Å². The van der Waals surface area contributed by atoms with E-state index < -0.39 is 0 Å². The molecule has 2 radical (unpaired) electrons. The summed E-state index contributed by atoms with van der Waals surface area (Å²) in [7, 11) is 0. The maximum absolute atomic E-state index is 0. The molecule has 0 saturated heterocycles. The fourth-order valence-electron chi connectivity index (χ4n) is 0. The summed E-state index contributed by atoms with van der Waals surface area (Å²) in [5.41, 5.74) is 0. The molecule has 0 bridgehead atoms. The summed E-state index contributed by atoms with van der Waals surface area (Å²) in [5, 5.41) is 0. The van der Waals surface area contributed by atoms with E-state index in [9.17, 15) is 0 Å². The van der Waals surface area contributed by atoms with Crippen LogP contribution in [0.3, 0.4) is 0 Å². The Morgan fingerprint density at radius 1 is 0.333 bits per heavy atom. The number of rotatable bonds is 0. The first-order valence-electron chi connectivity index (χ1n) is 0. The number of hydrogen-bond acceptors (Lipinski definition) is 7. The summed E-state index contributed by atoms with van der Waals surface area (Å²) in [6.07, 6.45) is 0. The Hall–Kier alpha value is 0.811. The molecular weight excluding hydrogens is 222 g/mol. The van der Waals surface area contributed by atoms with E-state index in [-0.39, 0.29) is 73.7 Å². The van der Waals surface area contributed by atoms with Gasteiger partial charge in [-0.3, -0.25) is 0 Å². The summed E-state index contributed by atoms with van der Waals surface area (Å²) in [6.45, 7) is 0. The molecule has 0 spiro atoms. The SMILES string of the molecule is [Co+2].[OH-].[OH-].[OH-].[OH-].[OH-].[OH-].[OH-].[V]. The Morgan fingerprint density at radius 3 is 0.333 bits per heavy atom. The van der Waals surface area contributed by atoms with Crippen LogP contribution in [0.4, 0.5) is 0 Å². The normalized spacial score (nSPS) is 0. The maximum Gasteiger partial charge on any atom is 2.00 e. The van der Waals surface area contributed by atoms with Gasteiger partial charge in [0.15, 0.2) is 0 Å². The van der Waals surface area contributed by atoms with Crippen molar-refractivity contribution in [2.75, 3.05) is 0 Å². The fraction of sp³-hybridized carbons (Fsp3) is 0. The Bertz CT molecular complexity index is 8.88. The average Bonchev–Trinajstić information content (AvgIpc) is 0. The first-order chi connectivity index (χ1) is 0. The largest absolute Gasteiger partial charge is 2.00 e. The summed E-state index contributed by atoms with van der Waals surface area (Å²) < 4.78 is 0. The zero-order valence-electron chi connectivity index (χ0n) is 3.91. The van der Waals surface area contributed by atoms with Crippen LogP contribution in [0.5, 0.6) is 0 Å². The summed E-state index contributed by atoms with van der Waals surface area (Å²) in [6, 6.07) is 0. The van der Waals surface area contributed by atoms with Crippen LogP contribution in [0.25, 0.3) is 0 Å². The molecule has 0 rings (SSSR count). The zero-order chi connectivity index (χ0) is 0. The van der Waals surface area contributed by atoms with Crippen molar-refractivity contribution in [3.8, 4) is 0 Å². The van der Waals surface area contributed by atoms with Crippen LogP contribution in [0.2, 0.25) is 0 Å². The fourth-order valence-corrected chi connectivity index (χ4v) is 0. The van der Waals surface area contributed by atoms with E-state index in [0.29, 0.717) is 0 Å². The Morgan fingerprint density at radius 2 is 0.333 bits per heavy atom. The first kappa shape index (κ1) is 1160. The van der Waals surface area contributed by atoms with Crippen LogP contribution in [0, 0.1) is 0 Å². The topological polar surface area (TPSA) is 210 Å². The minimum Gasteiger partial charge on any atom is -0.870 e. The standard InChI is InChI=1S/Co.7H2O.V/h;7*1H2;/q+2;;;;;;;;/p-7. The summed E-state index contributed by atoms with van der Waals surface area (Å²) >= 11 is 0. The van der Waals surface area contributed by atoms with E-state index in [1.807, 2.05) is 0 Å². The first-order valence-corrected chi connectivity index (χ1v) is 0. The van der Waals surface area contributed by atoms with Gasteiger partial charge >= 0.3 is 16.8 Å². The van der Waals surface area contributed by atoms with Crippen LogP contribution in [-0.2, 0) is 35.3 Å². The summed E-state index contributed by atoms with van der Waals surface area (Å²) in [4.78, 5) is 0. The van der Waals surface area contributed by atoms with Crippen molar-refractivity contribution in [3.05, 3.63) is 0 Å².